The summed E-state index contributed by atoms with van der Waals surface area (Å²) < 4.78 is 0. The van der Waals surface area contributed by atoms with Crippen molar-refractivity contribution in [2.45, 2.75) is 133 Å². The first-order chi connectivity index (χ1) is 22.1. The molecule has 0 bridgehead atoms. The van der Waals surface area contributed by atoms with Crippen LogP contribution in [0.4, 0.5) is 0 Å². The summed E-state index contributed by atoms with van der Waals surface area (Å²) in [6, 6.07) is 25.4. The molecule has 3 aromatic carbocycles. The first-order valence-electron chi connectivity index (χ1n) is 17.8. The van der Waals surface area contributed by atoms with Gasteiger partial charge in [0.05, 0.1) is 18.5 Å². The maximum atomic E-state index is 10.4. The molecular weight excluding hydrogens is 558 g/mol. The minimum atomic E-state index is 0.0225. The van der Waals surface area contributed by atoms with Gasteiger partial charge in [-0.05, 0) is 91.6 Å². The fraction of sp³-hybridized carbons (Fsp3) is 0.538. The number of hydrogen-bond acceptors (Lipinski definition) is 6. The molecule has 240 valence electrons. The molecule has 0 aromatic heterocycles. The Kier molecular flexibility index (Phi) is 9.34. The molecular formula is C39H51N3O3. The molecule has 45 heavy (non-hydrogen) atoms. The van der Waals surface area contributed by atoms with Gasteiger partial charge in [-0.25, -0.2) is 0 Å². The molecule has 1 heterocycles. The van der Waals surface area contributed by atoms with Crippen LogP contribution in [-0.4, -0.2) is 48.1 Å². The lowest BCUT2D eigenvalue weighted by Crippen LogP contribution is -2.66. The van der Waals surface area contributed by atoms with Crippen LogP contribution in [0, 0.1) is 0 Å². The molecule has 3 saturated carbocycles. The van der Waals surface area contributed by atoms with E-state index < -0.39 is 0 Å². The fourth-order valence-electron chi connectivity index (χ4n) is 9.17. The number of aromatic hydroxyl groups is 3. The molecule has 0 amide bonds. The summed E-state index contributed by atoms with van der Waals surface area (Å²) in [5.41, 5.74) is 3.71. The van der Waals surface area contributed by atoms with E-state index in [9.17, 15) is 15.3 Å². The predicted octanol–water partition coefficient (Wildman–Crippen LogP) is 9.12. The molecule has 7 rings (SSSR count). The Hall–Kier alpha value is -3.06. The highest BCUT2D eigenvalue weighted by atomic mass is 16.3. The maximum absolute atomic E-state index is 10.4. The summed E-state index contributed by atoms with van der Waals surface area (Å²) in [4.78, 5) is 8.62. The normalized spacial score (nSPS) is 27.1. The molecule has 3 aromatic rings. The third-order valence-electron chi connectivity index (χ3n) is 11.3. The highest BCUT2D eigenvalue weighted by Crippen LogP contribution is 2.55. The van der Waals surface area contributed by atoms with Crippen molar-refractivity contribution in [2.75, 3.05) is 0 Å². The number of hydrogen-bond donors (Lipinski definition) is 3. The zero-order valence-corrected chi connectivity index (χ0v) is 26.7. The van der Waals surface area contributed by atoms with Crippen LogP contribution in [-0.2, 0) is 0 Å². The highest BCUT2D eigenvalue weighted by Gasteiger charge is 2.53. The Bertz CT molecular complexity index is 1180. The summed E-state index contributed by atoms with van der Waals surface area (Å²) in [6.45, 7) is 0. The number of nitrogens with zero attached hydrogens (tertiary/aromatic N) is 3. The topological polar surface area (TPSA) is 70.4 Å². The van der Waals surface area contributed by atoms with Crippen molar-refractivity contribution in [3.05, 3.63) is 89.5 Å². The van der Waals surface area contributed by atoms with Crippen molar-refractivity contribution in [1.82, 2.24) is 14.7 Å². The average molecular weight is 610 g/mol. The van der Waals surface area contributed by atoms with Crippen LogP contribution in [0.5, 0.6) is 17.2 Å². The van der Waals surface area contributed by atoms with E-state index in [-0.39, 0.29) is 18.5 Å². The Balaban J connectivity index is 1.49. The highest BCUT2D eigenvalue weighted by molar-refractivity contribution is 5.35. The monoisotopic (exact) mass is 609 g/mol. The average Bonchev–Trinajstić information content (AvgIpc) is 3.09. The maximum Gasteiger partial charge on any atom is 0.115 e. The van der Waals surface area contributed by atoms with Gasteiger partial charge in [-0.3, -0.25) is 14.7 Å². The van der Waals surface area contributed by atoms with E-state index in [1.165, 1.54) is 113 Å². The lowest BCUT2D eigenvalue weighted by Gasteiger charge is -2.64. The molecule has 0 radical (unpaired) electrons. The van der Waals surface area contributed by atoms with Gasteiger partial charge in [0.15, 0.2) is 0 Å². The quantitative estimate of drug-likeness (QED) is 0.259. The van der Waals surface area contributed by atoms with E-state index in [0.29, 0.717) is 35.4 Å². The van der Waals surface area contributed by atoms with Gasteiger partial charge in [-0.1, -0.05) is 94.2 Å². The smallest absolute Gasteiger partial charge is 0.115 e. The van der Waals surface area contributed by atoms with E-state index in [1.54, 1.807) is 0 Å². The lowest BCUT2D eigenvalue weighted by molar-refractivity contribution is -0.232. The summed E-state index contributed by atoms with van der Waals surface area (Å²) >= 11 is 0. The summed E-state index contributed by atoms with van der Waals surface area (Å²) in [7, 11) is 0. The van der Waals surface area contributed by atoms with Crippen LogP contribution in [0.2, 0.25) is 0 Å². The number of rotatable bonds is 6. The predicted molar refractivity (Wildman–Crippen MR) is 179 cm³/mol. The summed E-state index contributed by atoms with van der Waals surface area (Å²) in [5, 5.41) is 31.3. The molecule has 3 aliphatic carbocycles. The van der Waals surface area contributed by atoms with Crippen molar-refractivity contribution < 1.29 is 15.3 Å². The van der Waals surface area contributed by atoms with Crippen LogP contribution < -0.4 is 0 Å². The van der Waals surface area contributed by atoms with Gasteiger partial charge < -0.3 is 15.3 Å². The van der Waals surface area contributed by atoms with Gasteiger partial charge in [0.2, 0.25) is 0 Å². The first kappa shape index (κ1) is 30.6. The molecule has 0 unspecified atom stereocenters. The van der Waals surface area contributed by atoms with Gasteiger partial charge in [0, 0.05) is 18.1 Å². The molecule has 0 atom stereocenters. The van der Waals surface area contributed by atoms with Gasteiger partial charge in [-0.15, -0.1) is 0 Å². The number of phenols is 3. The lowest BCUT2D eigenvalue weighted by atomic mass is 9.84. The van der Waals surface area contributed by atoms with E-state index >= 15 is 0 Å². The van der Waals surface area contributed by atoms with Crippen molar-refractivity contribution in [2.24, 2.45) is 0 Å². The fourth-order valence-corrected chi connectivity index (χ4v) is 9.17. The standard InChI is InChI=1S/C39H51N3O3/c43-34-22-16-28(17-23-34)37-40(31-10-4-1-5-11-31)38(29-18-24-35(44)25-19-29)42(33-14-8-3-9-15-33)39(30-20-26-36(45)27-21-30)41(37)32-12-6-2-7-13-32/h16-27,31-33,37-39,43-45H,1-15H2. The van der Waals surface area contributed by atoms with E-state index in [2.05, 4.69) is 51.1 Å². The molecule has 1 saturated heterocycles. The summed E-state index contributed by atoms with van der Waals surface area (Å²) in [6.07, 6.45) is 18.6. The Morgan fingerprint density at radius 2 is 0.556 bits per heavy atom. The Morgan fingerprint density at radius 3 is 0.778 bits per heavy atom. The third-order valence-corrected chi connectivity index (χ3v) is 11.3. The van der Waals surface area contributed by atoms with Gasteiger partial charge in [0.1, 0.15) is 17.2 Å². The molecule has 4 aliphatic rings. The zero-order chi connectivity index (χ0) is 30.8. The van der Waals surface area contributed by atoms with Crippen LogP contribution in [0.3, 0.4) is 0 Å². The number of phenolic OH excluding ortho intramolecular Hbond substituents is 3. The second kappa shape index (κ2) is 13.7. The molecule has 3 N–H and O–H groups in total. The second-order valence-corrected chi connectivity index (χ2v) is 14.1. The van der Waals surface area contributed by atoms with Crippen molar-refractivity contribution in [1.29, 1.82) is 0 Å². The largest absolute Gasteiger partial charge is 0.508 e. The van der Waals surface area contributed by atoms with E-state index in [4.69, 9.17) is 0 Å². The number of benzene rings is 3. The third kappa shape index (κ3) is 6.34. The van der Waals surface area contributed by atoms with Crippen LogP contribution >= 0.6 is 0 Å². The SMILES string of the molecule is Oc1ccc(C2N(C3CCCCC3)C(c3ccc(O)cc3)N(C3CCCCC3)C(c3ccc(O)cc3)N2C2CCCCC2)cc1. The second-order valence-electron chi connectivity index (χ2n) is 14.1. The molecule has 0 spiro atoms. The van der Waals surface area contributed by atoms with E-state index in [1.807, 2.05) is 36.4 Å². The molecule has 6 nitrogen and oxygen atoms in total. The molecule has 4 fully saturated rings. The van der Waals surface area contributed by atoms with Gasteiger partial charge in [-0.2, -0.15) is 0 Å². The van der Waals surface area contributed by atoms with Crippen LogP contribution in [0.25, 0.3) is 0 Å². The van der Waals surface area contributed by atoms with Crippen LogP contribution in [0.1, 0.15) is 132 Å². The Labute approximate surface area is 269 Å². The van der Waals surface area contributed by atoms with E-state index in [0.717, 1.165) is 0 Å². The summed E-state index contributed by atoms with van der Waals surface area (Å²) in [5.74, 6) is 0.908. The first-order valence-corrected chi connectivity index (χ1v) is 17.8. The van der Waals surface area contributed by atoms with Crippen LogP contribution in [0.15, 0.2) is 72.8 Å². The Morgan fingerprint density at radius 1 is 0.333 bits per heavy atom. The van der Waals surface area contributed by atoms with Gasteiger partial charge in [0.25, 0.3) is 0 Å². The molecule has 6 heteroatoms. The van der Waals surface area contributed by atoms with Crippen molar-refractivity contribution >= 4 is 0 Å². The minimum absolute atomic E-state index is 0.0225. The molecule has 1 aliphatic heterocycles. The van der Waals surface area contributed by atoms with Crippen molar-refractivity contribution in [3.8, 4) is 17.2 Å². The van der Waals surface area contributed by atoms with Gasteiger partial charge >= 0.3 is 0 Å². The van der Waals surface area contributed by atoms with Crippen molar-refractivity contribution in [3.63, 3.8) is 0 Å². The minimum Gasteiger partial charge on any atom is -0.508 e. The zero-order valence-electron chi connectivity index (χ0n) is 26.7.